The van der Waals surface area contributed by atoms with Gasteiger partial charge in [-0.1, -0.05) is 0 Å². The number of rotatable bonds is 4. The van der Waals surface area contributed by atoms with Crippen molar-refractivity contribution in [3.8, 4) is 0 Å². The second-order valence-electron chi connectivity index (χ2n) is 3.91. The van der Waals surface area contributed by atoms with Crippen LogP contribution < -0.4 is 10.8 Å². The lowest BCUT2D eigenvalue weighted by molar-refractivity contribution is -0.135. The number of hydrogen-bond acceptors (Lipinski definition) is 3. The molecule has 1 heterocycles. The molecule has 1 saturated heterocycles. The van der Waals surface area contributed by atoms with Crippen LogP contribution in [-0.4, -0.2) is 25.6 Å². The van der Waals surface area contributed by atoms with Gasteiger partial charge in [-0.05, 0) is 31.7 Å². The van der Waals surface area contributed by atoms with Crippen molar-refractivity contribution in [1.82, 2.24) is 10.8 Å². The van der Waals surface area contributed by atoms with Crippen LogP contribution in [0.2, 0.25) is 0 Å². The molecule has 2 fully saturated rings. The Morgan fingerprint density at radius 3 is 2.92 bits per heavy atom. The van der Waals surface area contributed by atoms with E-state index in [1.807, 2.05) is 0 Å². The Bertz CT molecular complexity index is 186. The van der Waals surface area contributed by atoms with Crippen molar-refractivity contribution in [2.75, 3.05) is 19.7 Å². The highest BCUT2D eigenvalue weighted by molar-refractivity contribution is 5.79. The summed E-state index contributed by atoms with van der Waals surface area (Å²) in [4.78, 5) is 16.3. The lowest BCUT2D eigenvalue weighted by Gasteiger charge is -2.09. The second-order valence-corrected chi connectivity index (χ2v) is 3.91. The van der Waals surface area contributed by atoms with Crippen molar-refractivity contribution in [3.05, 3.63) is 0 Å². The molecule has 4 nitrogen and oxygen atoms in total. The lowest BCUT2D eigenvalue weighted by atomic mass is 10.1. The predicted octanol–water partition coefficient (Wildman–Crippen LogP) is 0.0537. The van der Waals surface area contributed by atoms with Crippen LogP contribution in [0.3, 0.4) is 0 Å². The Morgan fingerprint density at radius 1 is 1.46 bits per heavy atom. The number of nitrogens with one attached hydrogen (secondary N) is 2. The summed E-state index contributed by atoms with van der Waals surface area (Å²) in [6, 6.07) is 0. The maximum atomic E-state index is 11.1. The molecular weight excluding hydrogens is 168 g/mol. The summed E-state index contributed by atoms with van der Waals surface area (Å²) in [6.45, 7) is 2.73. The molecule has 4 heteroatoms. The zero-order chi connectivity index (χ0) is 9.10. The minimum absolute atomic E-state index is 0.0611. The predicted molar refractivity (Wildman–Crippen MR) is 47.8 cm³/mol. The molecule has 1 amide bonds. The van der Waals surface area contributed by atoms with Gasteiger partial charge in [-0.15, -0.1) is 0 Å². The van der Waals surface area contributed by atoms with Crippen LogP contribution in [0.15, 0.2) is 0 Å². The lowest BCUT2D eigenvalue weighted by Crippen LogP contribution is -2.28. The Morgan fingerprint density at radius 2 is 2.31 bits per heavy atom. The molecule has 1 aliphatic carbocycles. The zero-order valence-corrected chi connectivity index (χ0v) is 7.71. The summed E-state index contributed by atoms with van der Waals surface area (Å²) in [5.41, 5.74) is 2.50. The zero-order valence-electron chi connectivity index (χ0n) is 7.71. The Hall–Kier alpha value is -0.610. The van der Waals surface area contributed by atoms with Crippen molar-refractivity contribution >= 4 is 5.91 Å². The molecule has 0 radical (unpaired) electrons. The average Bonchev–Trinajstić information content (AvgIpc) is 2.86. The van der Waals surface area contributed by atoms with Crippen LogP contribution >= 0.6 is 0 Å². The fraction of sp³-hybridized carbons (Fsp3) is 0.889. The molecule has 74 valence electrons. The monoisotopic (exact) mass is 184 g/mol. The largest absolute Gasteiger partial charge is 0.316 e. The van der Waals surface area contributed by atoms with Gasteiger partial charge in [0.2, 0.25) is 5.91 Å². The van der Waals surface area contributed by atoms with E-state index in [1.54, 1.807) is 0 Å². The summed E-state index contributed by atoms with van der Waals surface area (Å²) < 4.78 is 0. The van der Waals surface area contributed by atoms with Gasteiger partial charge in [0.05, 0.1) is 6.61 Å². The first kappa shape index (κ1) is 8.97. The highest BCUT2D eigenvalue weighted by atomic mass is 16.7. The third kappa shape index (κ3) is 2.67. The van der Waals surface area contributed by atoms with Gasteiger partial charge in [0.15, 0.2) is 0 Å². The number of hydroxylamine groups is 1. The van der Waals surface area contributed by atoms with Crippen molar-refractivity contribution < 1.29 is 9.63 Å². The number of hydrogen-bond donors (Lipinski definition) is 2. The third-order valence-electron chi connectivity index (χ3n) is 2.60. The average molecular weight is 184 g/mol. The van der Waals surface area contributed by atoms with Crippen molar-refractivity contribution in [3.63, 3.8) is 0 Å². The van der Waals surface area contributed by atoms with E-state index in [1.165, 1.54) is 0 Å². The summed E-state index contributed by atoms with van der Waals surface area (Å²) in [6.07, 6.45) is 3.21. The van der Waals surface area contributed by atoms with Gasteiger partial charge in [0.25, 0.3) is 0 Å². The molecule has 2 aliphatic rings. The first-order valence-electron chi connectivity index (χ1n) is 4.98. The van der Waals surface area contributed by atoms with E-state index in [4.69, 9.17) is 4.84 Å². The van der Waals surface area contributed by atoms with Gasteiger partial charge in [-0.3, -0.25) is 9.63 Å². The Balaban J connectivity index is 1.54. The Kier molecular flexibility index (Phi) is 2.80. The van der Waals surface area contributed by atoms with Crippen LogP contribution in [0.4, 0.5) is 0 Å². The SMILES string of the molecule is O=C(NOCC1CCNC1)C1CC1. The molecule has 1 aliphatic heterocycles. The molecule has 0 bridgehead atoms. The Labute approximate surface area is 78.0 Å². The van der Waals surface area contributed by atoms with Crippen LogP contribution in [-0.2, 0) is 9.63 Å². The number of amides is 1. The molecule has 0 spiro atoms. The molecule has 1 atom stereocenters. The molecule has 0 aromatic heterocycles. The normalized spacial score (nSPS) is 27.5. The van der Waals surface area contributed by atoms with Crippen LogP contribution in [0.1, 0.15) is 19.3 Å². The maximum absolute atomic E-state index is 11.1. The molecular formula is C9H16N2O2. The molecule has 2 rings (SSSR count). The first-order chi connectivity index (χ1) is 6.36. The number of carbonyl (C=O) groups excluding carboxylic acids is 1. The summed E-state index contributed by atoms with van der Waals surface area (Å²) >= 11 is 0. The smallest absolute Gasteiger partial charge is 0.246 e. The van der Waals surface area contributed by atoms with E-state index in [2.05, 4.69) is 10.8 Å². The third-order valence-corrected chi connectivity index (χ3v) is 2.60. The van der Waals surface area contributed by atoms with Gasteiger partial charge in [0, 0.05) is 12.5 Å². The topological polar surface area (TPSA) is 50.4 Å². The van der Waals surface area contributed by atoms with Crippen molar-refractivity contribution in [2.45, 2.75) is 19.3 Å². The van der Waals surface area contributed by atoms with Gasteiger partial charge in [-0.25, -0.2) is 5.48 Å². The highest BCUT2D eigenvalue weighted by Gasteiger charge is 2.29. The van der Waals surface area contributed by atoms with E-state index in [9.17, 15) is 4.79 Å². The summed E-state index contributed by atoms with van der Waals surface area (Å²) in [5.74, 6) is 0.868. The van der Waals surface area contributed by atoms with Gasteiger partial charge in [0.1, 0.15) is 0 Å². The maximum Gasteiger partial charge on any atom is 0.246 e. The van der Waals surface area contributed by atoms with Crippen molar-refractivity contribution in [1.29, 1.82) is 0 Å². The summed E-state index contributed by atoms with van der Waals surface area (Å²) in [5, 5.41) is 3.25. The second kappa shape index (κ2) is 4.07. The molecule has 1 unspecified atom stereocenters. The van der Waals surface area contributed by atoms with Gasteiger partial charge < -0.3 is 5.32 Å². The van der Waals surface area contributed by atoms with E-state index < -0.39 is 0 Å². The minimum atomic E-state index is 0.0611. The van der Waals surface area contributed by atoms with Crippen LogP contribution in [0.5, 0.6) is 0 Å². The number of carbonyl (C=O) groups is 1. The quantitative estimate of drug-likeness (QED) is 0.607. The van der Waals surface area contributed by atoms with Crippen molar-refractivity contribution in [2.24, 2.45) is 11.8 Å². The minimum Gasteiger partial charge on any atom is -0.316 e. The standard InChI is InChI=1S/C9H16N2O2/c12-9(8-1-2-8)11-13-6-7-3-4-10-5-7/h7-8,10H,1-6H2,(H,11,12). The fourth-order valence-electron chi connectivity index (χ4n) is 1.52. The molecule has 0 aromatic rings. The van der Waals surface area contributed by atoms with E-state index >= 15 is 0 Å². The first-order valence-corrected chi connectivity index (χ1v) is 4.98. The molecule has 0 aromatic carbocycles. The van der Waals surface area contributed by atoms with E-state index in [0.29, 0.717) is 12.5 Å². The van der Waals surface area contributed by atoms with Gasteiger partial charge >= 0.3 is 0 Å². The highest BCUT2D eigenvalue weighted by Crippen LogP contribution is 2.28. The van der Waals surface area contributed by atoms with Crippen LogP contribution in [0.25, 0.3) is 0 Å². The van der Waals surface area contributed by atoms with E-state index in [0.717, 1.165) is 32.4 Å². The van der Waals surface area contributed by atoms with Gasteiger partial charge in [-0.2, -0.15) is 0 Å². The molecule has 1 saturated carbocycles. The van der Waals surface area contributed by atoms with E-state index in [-0.39, 0.29) is 11.8 Å². The fourth-order valence-corrected chi connectivity index (χ4v) is 1.52. The summed E-state index contributed by atoms with van der Waals surface area (Å²) in [7, 11) is 0. The molecule has 13 heavy (non-hydrogen) atoms. The van der Waals surface area contributed by atoms with Crippen LogP contribution in [0, 0.1) is 11.8 Å². The molecule has 2 N–H and O–H groups in total.